The third-order valence-electron chi connectivity index (χ3n) is 5.25. The average molecular weight is 516 g/mol. The molecule has 0 amide bonds. The van der Waals surface area contributed by atoms with Gasteiger partial charge in [-0.3, -0.25) is 15.4 Å². The van der Waals surface area contributed by atoms with E-state index < -0.39 is 40.0 Å². The summed E-state index contributed by atoms with van der Waals surface area (Å²) in [6.45, 7) is 3.33. The third kappa shape index (κ3) is 6.30. The molecule has 12 heteroatoms. The van der Waals surface area contributed by atoms with Crippen molar-refractivity contribution in [2.45, 2.75) is 37.8 Å². The van der Waals surface area contributed by atoms with Gasteiger partial charge in [0.2, 0.25) is 0 Å². The molecular formula is C23H22F5N3O3S. The lowest BCUT2D eigenvalue weighted by Gasteiger charge is -2.19. The molecule has 35 heavy (non-hydrogen) atoms. The molecule has 2 aromatic rings. The van der Waals surface area contributed by atoms with E-state index in [4.69, 9.17) is 5.41 Å². The fourth-order valence-corrected chi connectivity index (χ4v) is 3.97. The summed E-state index contributed by atoms with van der Waals surface area (Å²) < 4.78 is 92.8. The number of allylic oxidation sites excluding steroid dienone is 3. The molecule has 0 aromatic carbocycles. The zero-order valence-corrected chi connectivity index (χ0v) is 19.4. The zero-order valence-electron chi connectivity index (χ0n) is 18.6. The van der Waals surface area contributed by atoms with Crippen LogP contribution in [-0.2, 0) is 9.84 Å². The van der Waals surface area contributed by atoms with Gasteiger partial charge in [0.15, 0.2) is 16.4 Å². The Kier molecular flexibility index (Phi) is 7.44. The molecule has 0 spiro atoms. The van der Waals surface area contributed by atoms with Crippen molar-refractivity contribution in [2.24, 2.45) is 0 Å². The standard InChI is InChI=1S/C23H22F5N3O3S/c1-3-35(32,33)20(10-14(2)16-6-8-18(30-11-16)15-4-5-15)21(29)19-9-7-17(12-31-19)34-13-22(24,25)23(26,27)28/h6-12,15,29H,2-5,13H2,1H3/b20-10+,29-21?. The summed E-state index contributed by atoms with van der Waals surface area (Å²) in [6.07, 6.45) is 0.0166. The summed E-state index contributed by atoms with van der Waals surface area (Å²) in [5.74, 6) is -5.34. The lowest BCUT2D eigenvalue weighted by atomic mass is 10.1. The SMILES string of the molecule is C=C(/C=C(\C(=N)c1ccc(OCC(F)(F)C(F)(F)F)cn1)S(=O)(=O)CC)c1ccc(C2CC2)nc1. The Labute approximate surface area is 199 Å². The van der Waals surface area contributed by atoms with Crippen molar-refractivity contribution in [1.82, 2.24) is 9.97 Å². The van der Waals surface area contributed by atoms with Crippen molar-refractivity contribution in [3.63, 3.8) is 0 Å². The van der Waals surface area contributed by atoms with Crippen LogP contribution >= 0.6 is 0 Å². The van der Waals surface area contributed by atoms with Gasteiger partial charge in [0.1, 0.15) is 5.75 Å². The molecule has 0 saturated heterocycles. The van der Waals surface area contributed by atoms with Crippen molar-refractivity contribution < 1.29 is 35.1 Å². The first-order valence-electron chi connectivity index (χ1n) is 10.5. The molecule has 3 rings (SSSR count). The fourth-order valence-electron chi connectivity index (χ4n) is 2.93. The first-order chi connectivity index (χ1) is 16.2. The molecule has 6 nitrogen and oxygen atoms in total. The predicted octanol–water partition coefficient (Wildman–Crippen LogP) is 5.33. The van der Waals surface area contributed by atoms with E-state index in [2.05, 4.69) is 21.3 Å². The minimum atomic E-state index is -5.77. The van der Waals surface area contributed by atoms with Crippen molar-refractivity contribution in [3.8, 4) is 5.75 Å². The van der Waals surface area contributed by atoms with E-state index in [0.29, 0.717) is 17.1 Å². The van der Waals surface area contributed by atoms with E-state index >= 15 is 0 Å². The normalized spacial score (nSPS) is 15.1. The number of aromatic nitrogens is 2. The van der Waals surface area contributed by atoms with Gasteiger partial charge >= 0.3 is 12.1 Å². The Morgan fingerprint density at radius 2 is 1.83 bits per heavy atom. The molecular weight excluding hydrogens is 493 g/mol. The smallest absolute Gasteiger partial charge is 0.456 e. The van der Waals surface area contributed by atoms with Crippen LogP contribution in [0.4, 0.5) is 22.0 Å². The Morgan fingerprint density at radius 1 is 1.14 bits per heavy atom. The second-order valence-electron chi connectivity index (χ2n) is 7.93. The van der Waals surface area contributed by atoms with Crippen LogP contribution in [0.15, 0.2) is 54.2 Å². The van der Waals surface area contributed by atoms with Crippen LogP contribution in [0.2, 0.25) is 0 Å². The van der Waals surface area contributed by atoms with Crippen LogP contribution in [0.25, 0.3) is 5.57 Å². The largest absolute Gasteiger partial charge is 0.485 e. The molecule has 1 N–H and O–H groups in total. The predicted molar refractivity (Wildman–Crippen MR) is 120 cm³/mol. The molecule has 2 aromatic heterocycles. The van der Waals surface area contributed by atoms with E-state index in [1.54, 1.807) is 12.3 Å². The van der Waals surface area contributed by atoms with Gasteiger partial charge in [-0.25, -0.2) is 8.42 Å². The first-order valence-corrected chi connectivity index (χ1v) is 12.1. The van der Waals surface area contributed by atoms with Crippen molar-refractivity contribution >= 4 is 21.1 Å². The van der Waals surface area contributed by atoms with Crippen LogP contribution in [0.3, 0.4) is 0 Å². The number of hydrogen-bond donors (Lipinski definition) is 1. The van der Waals surface area contributed by atoms with Crippen molar-refractivity contribution in [1.29, 1.82) is 5.41 Å². The minimum Gasteiger partial charge on any atom is -0.485 e. The monoisotopic (exact) mass is 515 g/mol. The third-order valence-corrected chi connectivity index (χ3v) is 7.00. The van der Waals surface area contributed by atoms with E-state index in [1.165, 1.54) is 13.0 Å². The van der Waals surface area contributed by atoms with Crippen LogP contribution in [0.1, 0.15) is 42.6 Å². The first kappa shape index (κ1) is 26.5. The number of ether oxygens (including phenoxy) is 1. The molecule has 1 fully saturated rings. The summed E-state index contributed by atoms with van der Waals surface area (Å²) in [5.41, 5.74) is 1.15. The van der Waals surface area contributed by atoms with Gasteiger partial charge in [-0.05, 0) is 48.3 Å². The summed E-state index contributed by atoms with van der Waals surface area (Å²) in [7, 11) is -3.92. The highest BCUT2D eigenvalue weighted by Crippen LogP contribution is 2.39. The van der Waals surface area contributed by atoms with E-state index in [0.717, 1.165) is 36.9 Å². The van der Waals surface area contributed by atoms with Crippen LogP contribution in [0.5, 0.6) is 5.75 Å². The summed E-state index contributed by atoms with van der Waals surface area (Å²) >= 11 is 0. The molecule has 0 radical (unpaired) electrons. The maximum absolute atomic E-state index is 13.0. The van der Waals surface area contributed by atoms with Gasteiger partial charge in [0, 0.05) is 17.8 Å². The average Bonchev–Trinajstić information content (AvgIpc) is 3.66. The van der Waals surface area contributed by atoms with Gasteiger partial charge in [-0.15, -0.1) is 0 Å². The molecule has 1 aliphatic rings. The van der Waals surface area contributed by atoms with Crippen LogP contribution < -0.4 is 4.74 Å². The van der Waals surface area contributed by atoms with Gasteiger partial charge in [0.25, 0.3) is 0 Å². The Balaban J connectivity index is 1.81. The summed E-state index contributed by atoms with van der Waals surface area (Å²) in [5, 5.41) is 8.38. The fraction of sp³-hybridized carbons (Fsp3) is 0.348. The second kappa shape index (κ2) is 9.84. The Morgan fingerprint density at radius 3 is 2.31 bits per heavy atom. The lowest BCUT2D eigenvalue weighted by molar-refractivity contribution is -0.290. The molecule has 0 aliphatic heterocycles. The maximum atomic E-state index is 13.0. The highest BCUT2D eigenvalue weighted by atomic mass is 32.2. The number of sulfone groups is 1. The summed E-state index contributed by atoms with van der Waals surface area (Å²) in [6, 6.07) is 5.72. The number of rotatable bonds is 10. The second-order valence-corrected chi connectivity index (χ2v) is 10.2. The molecule has 0 atom stereocenters. The topological polar surface area (TPSA) is 93.0 Å². The number of nitrogens with zero attached hydrogens (tertiary/aromatic N) is 2. The van der Waals surface area contributed by atoms with E-state index in [9.17, 15) is 30.4 Å². The zero-order chi connectivity index (χ0) is 26.0. The molecule has 0 unspecified atom stereocenters. The quantitative estimate of drug-likeness (QED) is 0.262. The van der Waals surface area contributed by atoms with Gasteiger partial charge in [-0.2, -0.15) is 22.0 Å². The van der Waals surface area contributed by atoms with Crippen molar-refractivity contribution in [3.05, 3.63) is 71.2 Å². The molecule has 188 valence electrons. The molecule has 1 saturated carbocycles. The van der Waals surface area contributed by atoms with Crippen LogP contribution in [-0.4, -0.2) is 48.6 Å². The minimum absolute atomic E-state index is 0.154. The molecule has 1 aliphatic carbocycles. The number of nitrogens with one attached hydrogen (secondary N) is 1. The van der Waals surface area contributed by atoms with Gasteiger partial charge in [-0.1, -0.05) is 19.6 Å². The number of halogens is 5. The van der Waals surface area contributed by atoms with Gasteiger partial charge < -0.3 is 4.74 Å². The highest BCUT2D eigenvalue weighted by Gasteiger charge is 2.58. The Bertz CT molecular complexity index is 1230. The van der Waals surface area contributed by atoms with E-state index in [-0.39, 0.29) is 16.4 Å². The summed E-state index contributed by atoms with van der Waals surface area (Å²) in [4.78, 5) is 7.80. The maximum Gasteiger partial charge on any atom is 0.456 e. The Hall–Kier alpha value is -3.15. The van der Waals surface area contributed by atoms with Crippen molar-refractivity contribution in [2.75, 3.05) is 12.4 Å². The highest BCUT2D eigenvalue weighted by molar-refractivity contribution is 7.96. The number of pyridine rings is 2. The van der Waals surface area contributed by atoms with Crippen LogP contribution in [0, 0.1) is 5.41 Å². The lowest BCUT2D eigenvalue weighted by Crippen LogP contribution is -2.41. The number of hydrogen-bond acceptors (Lipinski definition) is 6. The number of alkyl halides is 5. The van der Waals surface area contributed by atoms with E-state index in [1.807, 2.05) is 6.07 Å². The molecule has 2 heterocycles. The van der Waals surface area contributed by atoms with Gasteiger partial charge in [0.05, 0.1) is 28.3 Å². The molecule has 0 bridgehead atoms.